The zero-order valence-electron chi connectivity index (χ0n) is 10.5. The van der Waals surface area contributed by atoms with Gasteiger partial charge in [0.05, 0.1) is 6.42 Å². The first-order chi connectivity index (χ1) is 9.29. The fraction of sp³-hybridized carbons (Fsp3) is 0.231. The van der Waals surface area contributed by atoms with Crippen molar-refractivity contribution in [2.45, 2.75) is 18.9 Å². The van der Waals surface area contributed by atoms with Crippen molar-refractivity contribution in [3.63, 3.8) is 0 Å². The second-order valence-corrected chi connectivity index (χ2v) is 5.29. The van der Waals surface area contributed by atoms with Gasteiger partial charge in [-0.3, -0.25) is 9.59 Å². The third-order valence-corrected chi connectivity index (χ3v) is 2.78. The number of carbonyl (C=O) groups is 2. The van der Waals surface area contributed by atoms with Crippen LogP contribution in [0.15, 0.2) is 29.3 Å². The Morgan fingerprint density at radius 3 is 2.50 bits per heavy atom. The number of amides is 2. The molecule has 0 saturated carbocycles. The topological polar surface area (TPSA) is 72.2 Å². The van der Waals surface area contributed by atoms with E-state index in [2.05, 4.69) is 27.8 Å². The van der Waals surface area contributed by atoms with Crippen molar-refractivity contribution in [3.8, 4) is 0 Å². The van der Waals surface area contributed by atoms with Gasteiger partial charge in [0, 0.05) is 6.42 Å². The molecule has 1 rings (SSSR count). The van der Waals surface area contributed by atoms with Gasteiger partial charge in [0.2, 0.25) is 11.8 Å². The number of hydrogen-bond donors (Lipinski definition) is 2. The molecule has 0 saturated heterocycles. The fourth-order valence-electron chi connectivity index (χ4n) is 1.52. The van der Waals surface area contributed by atoms with E-state index in [1.165, 1.54) is 6.07 Å². The highest BCUT2D eigenvalue weighted by Gasteiger charge is 2.18. The van der Waals surface area contributed by atoms with E-state index in [0.29, 0.717) is 10.0 Å². The summed E-state index contributed by atoms with van der Waals surface area (Å²) in [4.78, 5) is 22.9. The van der Waals surface area contributed by atoms with Crippen LogP contribution in [0.3, 0.4) is 0 Å². The Morgan fingerprint density at radius 2 is 2.00 bits per heavy atom. The molecule has 0 spiro atoms. The lowest BCUT2D eigenvalue weighted by Crippen LogP contribution is -2.45. The van der Waals surface area contributed by atoms with Gasteiger partial charge in [-0.25, -0.2) is 8.78 Å². The number of hydrogen-bond acceptors (Lipinski definition) is 2. The molecule has 0 aliphatic rings. The molecule has 1 aromatic carbocycles. The predicted molar refractivity (Wildman–Crippen MR) is 73.9 cm³/mol. The second kappa shape index (κ2) is 7.14. The lowest BCUT2D eigenvalue weighted by molar-refractivity contribution is -0.126. The molecule has 0 aliphatic heterocycles. The van der Waals surface area contributed by atoms with Gasteiger partial charge in [0.1, 0.15) is 6.04 Å². The Morgan fingerprint density at radius 1 is 1.35 bits per heavy atom. The van der Waals surface area contributed by atoms with E-state index in [1.807, 2.05) is 0 Å². The van der Waals surface area contributed by atoms with Crippen LogP contribution in [0.1, 0.15) is 12.0 Å². The van der Waals surface area contributed by atoms with Crippen molar-refractivity contribution in [3.05, 3.63) is 46.5 Å². The Labute approximate surface area is 123 Å². The molecule has 3 N–H and O–H groups in total. The first-order valence-corrected chi connectivity index (χ1v) is 6.44. The fourth-order valence-corrected chi connectivity index (χ4v) is 1.85. The van der Waals surface area contributed by atoms with Crippen LogP contribution in [0.5, 0.6) is 0 Å². The maximum Gasteiger partial charge on any atom is 0.240 e. The summed E-state index contributed by atoms with van der Waals surface area (Å²) in [5, 5.41) is 2.41. The molecular weight excluding hydrogens is 334 g/mol. The predicted octanol–water partition coefficient (Wildman–Crippen LogP) is 1.78. The van der Waals surface area contributed by atoms with Gasteiger partial charge in [-0.15, -0.1) is 0 Å². The van der Waals surface area contributed by atoms with Crippen LogP contribution in [-0.2, 0) is 16.0 Å². The number of nitrogens with two attached hydrogens (primary N) is 1. The van der Waals surface area contributed by atoms with Crippen LogP contribution in [0.25, 0.3) is 0 Å². The van der Waals surface area contributed by atoms with Gasteiger partial charge in [-0.05, 0) is 22.2 Å². The molecule has 0 radical (unpaired) electrons. The van der Waals surface area contributed by atoms with Crippen molar-refractivity contribution in [1.82, 2.24) is 5.32 Å². The molecule has 4 nitrogen and oxygen atoms in total. The Kier molecular flexibility index (Phi) is 5.82. The summed E-state index contributed by atoms with van der Waals surface area (Å²) in [5.74, 6) is -3.24. The lowest BCUT2D eigenvalue weighted by Gasteiger charge is -2.14. The third-order valence-electron chi connectivity index (χ3n) is 2.45. The van der Waals surface area contributed by atoms with Crippen molar-refractivity contribution in [2.75, 3.05) is 0 Å². The van der Waals surface area contributed by atoms with Gasteiger partial charge in [-0.1, -0.05) is 28.6 Å². The normalized spacial score (nSPS) is 11.8. The smallest absolute Gasteiger partial charge is 0.240 e. The number of nitrogens with one attached hydrogen (secondary N) is 1. The maximum atomic E-state index is 13.0. The summed E-state index contributed by atoms with van der Waals surface area (Å²) >= 11 is 3.07. The molecule has 0 aliphatic carbocycles. The first kappa shape index (κ1) is 16.3. The highest BCUT2D eigenvalue weighted by Crippen LogP contribution is 2.11. The Bertz CT molecular complexity index is 549. The summed E-state index contributed by atoms with van der Waals surface area (Å²) in [5.41, 5.74) is 5.44. The summed E-state index contributed by atoms with van der Waals surface area (Å²) < 4.78 is 26.2. The highest BCUT2D eigenvalue weighted by molar-refractivity contribution is 9.11. The molecule has 2 amide bonds. The zero-order chi connectivity index (χ0) is 15.3. The molecule has 1 aromatic rings. The van der Waals surface area contributed by atoms with E-state index >= 15 is 0 Å². The maximum absolute atomic E-state index is 13.0. The first-order valence-electron chi connectivity index (χ1n) is 5.65. The van der Waals surface area contributed by atoms with E-state index in [9.17, 15) is 18.4 Å². The Balaban J connectivity index is 2.67. The number of primary amides is 1. The minimum atomic E-state index is -1.03. The molecule has 108 valence electrons. The number of rotatable bonds is 6. The molecule has 0 unspecified atom stereocenters. The molecule has 0 heterocycles. The molecule has 0 fully saturated rings. The molecule has 20 heavy (non-hydrogen) atoms. The van der Waals surface area contributed by atoms with Gasteiger partial charge in [0.15, 0.2) is 11.6 Å². The molecule has 1 atom stereocenters. The van der Waals surface area contributed by atoms with Crippen LogP contribution >= 0.6 is 15.9 Å². The average Bonchev–Trinajstić information content (AvgIpc) is 2.32. The van der Waals surface area contributed by atoms with E-state index in [-0.39, 0.29) is 12.8 Å². The van der Waals surface area contributed by atoms with E-state index in [1.54, 1.807) is 0 Å². The quantitative estimate of drug-likeness (QED) is 0.823. The summed E-state index contributed by atoms with van der Waals surface area (Å²) in [6.45, 7) is 3.56. The second-order valence-electron chi connectivity index (χ2n) is 4.17. The van der Waals surface area contributed by atoms with E-state index in [0.717, 1.165) is 12.1 Å². The van der Waals surface area contributed by atoms with Gasteiger partial charge in [-0.2, -0.15) is 0 Å². The van der Waals surface area contributed by atoms with Crippen LogP contribution in [-0.4, -0.2) is 17.9 Å². The summed E-state index contributed by atoms with van der Waals surface area (Å²) in [7, 11) is 0. The van der Waals surface area contributed by atoms with Crippen LogP contribution in [0.2, 0.25) is 0 Å². The average molecular weight is 347 g/mol. The van der Waals surface area contributed by atoms with Crippen LogP contribution in [0, 0.1) is 11.6 Å². The minimum absolute atomic E-state index is 0.152. The third kappa shape index (κ3) is 5.08. The van der Waals surface area contributed by atoms with Crippen molar-refractivity contribution in [1.29, 1.82) is 0 Å². The molecule has 0 bridgehead atoms. The van der Waals surface area contributed by atoms with Crippen molar-refractivity contribution >= 4 is 27.7 Å². The summed E-state index contributed by atoms with van der Waals surface area (Å²) in [6.07, 6.45) is -0.0331. The van der Waals surface area contributed by atoms with E-state index < -0.39 is 29.5 Å². The highest BCUT2D eigenvalue weighted by atomic mass is 79.9. The molecule has 0 aromatic heterocycles. The zero-order valence-corrected chi connectivity index (χ0v) is 12.0. The van der Waals surface area contributed by atoms with Gasteiger partial charge < -0.3 is 11.1 Å². The number of carbonyl (C=O) groups excluding carboxylic acids is 2. The standard InChI is InChI=1S/C13H13BrF2N2O2/c1-7(14)4-11(13(17)20)18-12(19)6-8-2-3-9(15)10(16)5-8/h2-3,5,11H,1,4,6H2,(H2,17,20)(H,18,19)/t11-/m0/s1. The van der Waals surface area contributed by atoms with Crippen LogP contribution in [0.4, 0.5) is 8.78 Å². The van der Waals surface area contributed by atoms with Crippen LogP contribution < -0.4 is 11.1 Å². The summed E-state index contributed by atoms with van der Waals surface area (Å²) in [6, 6.07) is 2.25. The largest absolute Gasteiger partial charge is 0.368 e. The minimum Gasteiger partial charge on any atom is -0.368 e. The number of benzene rings is 1. The van der Waals surface area contributed by atoms with Gasteiger partial charge in [0.25, 0.3) is 0 Å². The van der Waals surface area contributed by atoms with Crippen molar-refractivity contribution in [2.24, 2.45) is 5.73 Å². The number of halogens is 3. The monoisotopic (exact) mass is 346 g/mol. The molecular formula is C13H13BrF2N2O2. The van der Waals surface area contributed by atoms with E-state index in [4.69, 9.17) is 5.73 Å². The lowest BCUT2D eigenvalue weighted by atomic mass is 10.1. The molecule has 7 heteroatoms. The van der Waals surface area contributed by atoms with Gasteiger partial charge >= 0.3 is 0 Å². The van der Waals surface area contributed by atoms with Crippen molar-refractivity contribution < 1.29 is 18.4 Å². The Hall–Kier alpha value is -1.76. The SMILES string of the molecule is C=C(Br)C[C@H](NC(=O)Cc1ccc(F)c(F)c1)C(N)=O.